The highest BCUT2D eigenvalue weighted by molar-refractivity contribution is 9.10. The molecule has 0 saturated heterocycles. The van der Waals surface area contributed by atoms with Crippen LogP contribution in [0.25, 0.3) is 0 Å². The molecule has 0 radical (unpaired) electrons. The largest absolute Gasteiger partial charge is 0.496 e. The lowest BCUT2D eigenvalue weighted by Gasteiger charge is -2.18. The number of aliphatic imine (C=N–C) groups is 1. The number of nitrogens with two attached hydrogens (primary N) is 1. The lowest BCUT2D eigenvalue weighted by Crippen LogP contribution is -2.38. The SMILES string of the molecule is CCCCCNCC1CC1.COc1ccc(Br)cc1CCc1c(F)cccc1C(=O)NC(N)=NC1CCCCC1. The minimum atomic E-state index is -0.442. The zero-order valence-electron chi connectivity index (χ0n) is 24.1. The van der Waals surface area contributed by atoms with Gasteiger partial charge in [-0.15, -0.1) is 0 Å². The normalized spacial score (nSPS) is 15.8. The summed E-state index contributed by atoms with van der Waals surface area (Å²) < 4.78 is 20.9. The molecule has 0 aliphatic heterocycles. The first-order valence-electron chi connectivity index (χ1n) is 14.9. The van der Waals surface area contributed by atoms with Crippen molar-refractivity contribution in [3.05, 3.63) is 63.4 Å². The van der Waals surface area contributed by atoms with Crippen LogP contribution in [0.5, 0.6) is 5.75 Å². The van der Waals surface area contributed by atoms with E-state index < -0.39 is 11.7 Å². The van der Waals surface area contributed by atoms with Crippen molar-refractivity contribution >= 4 is 27.8 Å². The predicted octanol–water partition coefficient (Wildman–Crippen LogP) is 6.94. The van der Waals surface area contributed by atoms with Gasteiger partial charge in [0.05, 0.1) is 13.2 Å². The van der Waals surface area contributed by atoms with Crippen molar-refractivity contribution < 1.29 is 13.9 Å². The topological polar surface area (TPSA) is 88.7 Å². The van der Waals surface area contributed by atoms with Crippen LogP contribution in [0.4, 0.5) is 4.39 Å². The van der Waals surface area contributed by atoms with Crippen molar-refractivity contribution in [2.75, 3.05) is 20.2 Å². The molecule has 2 fully saturated rings. The lowest BCUT2D eigenvalue weighted by atomic mass is 9.96. The molecule has 2 aliphatic rings. The first kappa shape index (κ1) is 32.1. The molecule has 40 heavy (non-hydrogen) atoms. The highest BCUT2D eigenvalue weighted by Gasteiger charge is 2.20. The van der Waals surface area contributed by atoms with E-state index in [-0.39, 0.29) is 17.6 Å². The van der Waals surface area contributed by atoms with E-state index in [1.165, 1.54) is 63.7 Å². The molecule has 4 rings (SSSR count). The fraction of sp³-hybridized carbons (Fsp3) is 0.562. The van der Waals surface area contributed by atoms with Gasteiger partial charge in [0, 0.05) is 15.6 Å². The summed E-state index contributed by atoms with van der Waals surface area (Å²) in [6.45, 7) is 4.77. The number of nitrogens with one attached hydrogen (secondary N) is 2. The summed E-state index contributed by atoms with van der Waals surface area (Å²) in [7, 11) is 1.60. The Bertz CT molecular complexity index is 1100. The van der Waals surface area contributed by atoms with Gasteiger partial charge in [-0.25, -0.2) is 9.38 Å². The monoisotopic (exact) mass is 616 g/mol. The number of hydrogen-bond acceptors (Lipinski definition) is 4. The first-order chi connectivity index (χ1) is 19.4. The Morgan fingerprint density at radius 2 is 1.88 bits per heavy atom. The van der Waals surface area contributed by atoms with E-state index in [4.69, 9.17) is 10.5 Å². The fourth-order valence-corrected chi connectivity index (χ4v) is 5.39. The van der Waals surface area contributed by atoms with Crippen LogP contribution in [-0.2, 0) is 12.8 Å². The molecule has 0 spiro atoms. The molecule has 0 heterocycles. The molecule has 2 aliphatic carbocycles. The summed E-state index contributed by atoms with van der Waals surface area (Å²) in [4.78, 5) is 17.2. The number of hydrogen-bond donors (Lipinski definition) is 3. The average Bonchev–Trinajstić information content (AvgIpc) is 3.77. The number of carbonyl (C=O) groups is 1. The maximum Gasteiger partial charge on any atom is 0.258 e. The summed E-state index contributed by atoms with van der Waals surface area (Å²) in [5.74, 6) is 1.00. The summed E-state index contributed by atoms with van der Waals surface area (Å²) in [6, 6.07) is 10.3. The van der Waals surface area contributed by atoms with Gasteiger partial charge in [-0.2, -0.15) is 0 Å². The van der Waals surface area contributed by atoms with Crippen LogP contribution in [0.2, 0.25) is 0 Å². The number of aryl methyl sites for hydroxylation is 1. The number of guanidine groups is 1. The van der Waals surface area contributed by atoms with E-state index in [1.807, 2.05) is 18.2 Å². The molecule has 2 aromatic rings. The maximum absolute atomic E-state index is 14.6. The van der Waals surface area contributed by atoms with Crippen molar-refractivity contribution in [1.82, 2.24) is 10.6 Å². The van der Waals surface area contributed by atoms with E-state index in [0.29, 0.717) is 18.4 Å². The highest BCUT2D eigenvalue weighted by Crippen LogP contribution is 2.27. The van der Waals surface area contributed by atoms with E-state index >= 15 is 0 Å². The molecule has 1 amide bonds. The predicted molar refractivity (Wildman–Crippen MR) is 166 cm³/mol. The second-order valence-electron chi connectivity index (χ2n) is 10.8. The number of nitrogens with zero attached hydrogens (tertiary/aromatic N) is 1. The lowest BCUT2D eigenvalue weighted by molar-refractivity contribution is 0.0975. The van der Waals surface area contributed by atoms with Gasteiger partial charge in [0.15, 0.2) is 5.96 Å². The fourth-order valence-electron chi connectivity index (χ4n) is 4.98. The summed E-state index contributed by atoms with van der Waals surface area (Å²) in [5.41, 5.74) is 7.50. The van der Waals surface area contributed by atoms with E-state index in [2.05, 4.69) is 38.5 Å². The molecular weight excluding hydrogens is 571 g/mol. The number of methoxy groups -OCH3 is 1. The Balaban J connectivity index is 0.000000371. The smallest absolute Gasteiger partial charge is 0.258 e. The Morgan fingerprint density at radius 1 is 1.10 bits per heavy atom. The Kier molecular flexibility index (Phi) is 13.9. The van der Waals surface area contributed by atoms with E-state index in [0.717, 1.165) is 47.4 Å². The summed E-state index contributed by atoms with van der Waals surface area (Å²) >= 11 is 3.45. The number of unbranched alkanes of at least 4 members (excludes halogenated alkanes) is 2. The number of rotatable bonds is 12. The van der Waals surface area contributed by atoms with Crippen molar-refractivity contribution in [3.8, 4) is 5.75 Å². The molecular formula is C32H46BrFN4O2. The third kappa shape index (κ3) is 11.2. The second kappa shape index (κ2) is 17.4. The Hall–Kier alpha value is -2.45. The van der Waals surface area contributed by atoms with Gasteiger partial charge >= 0.3 is 0 Å². The van der Waals surface area contributed by atoms with Crippen LogP contribution in [0.15, 0.2) is 45.9 Å². The van der Waals surface area contributed by atoms with Crippen molar-refractivity contribution in [2.45, 2.75) is 90.0 Å². The van der Waals surface area contributed by atoms with Crippen molar-refractivity contribution in [2.24, 2.45) is 16.6 Å². The van der Waals surface area contributed by atoms with Gasteiger partial charge in [-0.05, 0) is 99.8 Å². The third-order valence-electron chi connectivity index (χ3n) is 7.48. The van der Waals surface area contributed by atoms with Gasteiger partial charge in [0.25, 0.3) is 5.91 Å². The van der Waals surface area contributed by atoms with Crippen molar-refractivity contribution in [3.63, 3.8) is 0 Å². The van der Waals surface area contributed by atoms with Crippen LogP contribution in [0.1, 0.15) is 92.6 Å². The second-order valence-corrected chi connectivity index (χ2v) is 11.8. The van der Waals surface area contributed by atoms with Crippen LogP contribution in [-0.4, -0.2) is 38.1 Å². The van der Waals surface area contributed by atoms with Crippen LogP contribution in [0, 0.1) is 11.7 Å². The number of benzene rings is 2. The molecule has 0 unspecified atom stereocenters. The van der Waals surface area contributed by atoms with E-state index in [1.54, 1.807) is 13.2 Å². The van der Waals surface area contributed by atoms with Crippen LogP contribution in [0.3, 0.4) is 0 Å². The number of carbonyl (C=O) groups excluding carboxylic acids is 1. The minimum Gasteiger partial charge on any atom is -0.496 e. The van der Waals surface area contributed by atoms with E-state index in [9.17, 15) is 9.18 Å². The molecule has 8 heteroatoms. The van der Waals surface area contributed by atoms with Gasteiger partial charge < -0.3 is 15.8 Å². The molecule has 4 N–H and O–H groups in total. The molecule has 2 aromatic carbocycles. The quantitative estimate of drug-likeness (QED) is 0.137. The third-order valence-corrected chi connectivity index (χ3v) is 7.97. The van der Waals surface area contributed by atoms with Crippen LogP contribution < -0.4 is 21.1 Å². The van der Waals surface area contributed by atoms with Gasteiger partial charge in [-0.1, -0.05) is 61.0 Å². The first-order valence-corrected chi connectivity index (χ1v) is 15.7. The molecule has 0 atom stereocenters. The molecule has 0 bridgehead atoms. The zero-order valence-corrected chi connectivity index (χ0v) is 25.7. The number of amides is 1. The minimum absolute atomic E-state index is 0.0933. The molecule has 6 nitrogen and oxygen atoms in total. The maximum atomic E-state index is 14.6. The summed E-state index contributed by atoms with van der Waals surface area (Å²) in [5, 5.41) is 6.11. The van der Waals surface area contributed by atoms with Gasteiger partial charge in [-0.3, -0.25) is 10.1 Å². The van der Waals surface area contributed by atoms with Crippen molar-refractivity contribution in [1.29, 1.82) is 0 Å². The average molecular weight is 618 g/mol. The molecule has 220 valence electrons. The molecule has 2 saturated carbocycles. The Labute approximate surface area is 247 Å². The Morgan fingerprint density at radius 3 is 2.58 bits per heavy atom. The standard InChI is InChI=1S/C23H27BrFN3O2.C9H19N/c1-30-21-13-11-16(24)14-15(21)10-12-18-19(8-5-9-20(18)25)22(29)28-23(26)27-17-6-3-2-4-7-17;1-2-3-4-7-10-8-9-5-6-9/h5,8-9,11,13-14,17H,2-4,6-7,10,12H2,1H3,(H3,26,27,28,29);9-10H,2-8H2,1H3. The molecule has 0 aromatic heterocycles. The summed E-state index contributed by atoms with van der Waals surface area (Å²) in [6.07, 6.45) is 13.3. The number of ether oxygens (including phenoxy) is 1. The van der Waals surface area contributed by atoms with Gasteiger partial charge in [0.2, 0.25) is 0 Å². The van der Waals surface area contributed by atoms with Gasteiger partial charge in [0.1, 0.15) is 11.6 Å². The zero-order chi connectivity index (χ0) is 28.7. The number of halogens is 2. The highest BCUT2D eigenvalue weighted by atomic mass is 79.9. The van der Waals surface area contributed by atoms with Crippen LogP contribution >= 0.6 is 15.9 Å².